The molecular weight excluding hydrogens is 334 g/mol. The van der Waals surface area contributed by atoms with Crippen molar-refractivity contribution in [2.45, 2.75) is 12.1 Å². The Morgan fingerprint density at radius 3 is 1.59 bits per heavy atom. The molecule has 0 N–H and O–H groups in total. The molecule has 0 saturated heterocycles. The fourth-order valence-corrected chi connectivity index (χ4v) is 1.76. The number of hydrogen-bond donors (Lipinski definition) is 0. The molecule has 0 spiro atoms. The Hall–Kier alpha value is -2.00. The summed E-state index contributed by atoms with van der Waals surface area (Å²) in [5.41, 5.74) is -4.08. The minimum absolute atomic E-state index is 0.742. The van der Waals surface area contributed by atoms with Crippen molar-refractivity contribution in [2.75, 3.05) is 0 Å². The highest BCUT2D eigenvalue weighted by Gasteiger charge is 2.48. The molecule has 1 aromatic carbocycles. The second-order valence-corrected chi connectivity index (χ2v) is 4.20. The van der Waals surface area contributed by atoms with Crippen LogP contribution >= 0.6 is 0 Å². The van der Waals surface area contributed by atoms with Gasteiger partial charge in [-0.3, -0.25) is 0 Å². The minimum atomic E-state index is -4.74. The highest BCUT2D eigenvalue weighted by molar-refractivity contribution is 5.80. The molecule has 0 nitrogen and oxygen atoms in total. The van der Waals surface area contributed by atoms with Crippen molar-refractivity contribution in [3.05, 3.63) is 52.4 Å². The van der Waals surface area contributed by atoms with E-state index in [0.717, 1.165) is 0 Å². The van der Waals surface area contributed by atoms with Crippen LogP contribution in [-0.4, -0.2) is 12.1 Å². The molecule has 0 aromatic heterocycles. The maximum absolute atomic E-state index is 13.4. The van der Waals surface area contributed by atoms with E-state index in [1.54, 1.807) is 0 Å². The standard InChI is InChI=1S/C12H2F10/c13-4-2(1-12(21,22)11(20)10(4)19)3-5(14)7(16)9(18)8(17)6(3)15/h1,11H. The van der Waals surface area contributed by atoms with Crippen molar-refractivity contribution in [1.29, 1.82) is 0 Å². The average Bonchev–Trinajstić information content (AvgIpc) is 2.46. The summed E-state index contributed by atoms with van der Waals surface area (Å²) in [4.78, 5) is 0. The number of halogens is 10. The summed E-state index contributed by atoms with van der Waals surface area (Å²) in [5.74, 6) is -23.0. The van der Waals surface area contributed by atoms with Gasteiger partial charge in [0.25, 0.3) is 0 Å². The average molecular weight is 336 g/mol. The normalized spacial score (nSPS) is 21.2. The van der Waals surface area contributed by atoms with Crippen molar-refractivity contribution < 1.29 is 43.9 Å². The van der Waals surface area contributed by atoms with Crippen LogP contribution in [0.25, 0.3) is 5.57 Å². The largest absolute Gasteiger partial charge is 0.304 e. The van der Waals surface area contributed by atoms with Gasteiger partial charge < -0.3 is 0 Å². The van der Waals surface area contributed by atoms with E-state index in [2.05, 4.69) is 0 Å². The summed E-state index contributed by atoms with van der Waals surface area (Å²) in [5, 5.41) is 0. The van der Waals surface area contributed by atoms with Crippen molar-refractivity contribution in [3.8, 4) is 0 Å². The zero-order chi connectivity index (χ0) is 17.0. The van der Waals surface area contributed by atoms with Crippen molar-refractivity contribution in [1.82, 2.24) is 0 Å². The molecule has 1 unspecified atom stereocenters. The third kappa shape index (κ3) is 2.17. The Kier molecular flexibility index (Phi) is 3.74. The van der Waals surface area contributed by atoms with Gasteiger partial charge in [-0.2, -0.15) is 8.78 Å². The molecule has 120 valence electrons. The highest BCUT2D eigenvalue weighted by atomic mass is 19.3. The summed E-state index contributed by atoms with van der Waals surface area (Å²) in [6.07, 6.45) is -4.52. The van der Waals surface area contributed by atoms with Crippen LogP contribution in [-0.2, 0) is 0 Å². The number of rotatable bonds is 1. The molecule has 1 aliphatic rings. The van der Waals surface area contributed by atoms with E-state index in [4.69, 9.17) is 0 Å². The number of hydrogen-bond acceptors (Lipinski definition) is 0. The topological polar surface area (TPSA) is 0 Å². The molecule has 0 bridgehead atoms. The SMILES string of the molecule is FC1=C(F)C(F)C(F)(F)C=C1c1c(F)c(F)c(F)c(F)c1F. The highest BCUT2D eigenvalue weighted by Crippen LogP contribution is 2.44. The molecule has 1 atom stereocenters. The van der Waals surface area contributed by atoms with Gasteiger partial charge in [0.2, 0.25) is 12.0 Å². The number of allylic oxidation sites excluding steroid dienone is 4. The van der Waals surface area contributed by atoms with Crippen LogP contribution in [0, 0.1) is 29.1 Å². The minimum Gasteiger partial charge on any atom is -0.232 e. The molecule has 0 heterocycles. The Morgan fingerprint density at radius 1 is 0.727 bits per heavy atom. The summed E-state index contributed by atoms with van der Waals surface area (Å²) in [7, 11) is 0. The van der Waals surface area contributed by atoms with E-state index in [-0.39, 0.29) is 0 Å². The van der Waals surface area contributed by atoms with Gasteiger partial charge in [-0.1, -0.05) is 0 Å². The fraction of sp³-hybridized carbons (Fsp3) is 0.167. The lowest BCUT2D eigenvalue weighted by atomic mass is 9.93. The second kappa shape index (κ2) is 5.03. The Bertz CT molecular complexity index is 686. The maximum Gasteiger partial charge on any atom is 0.304 e. The lowest BCUT2D eigenvalue weighted by molar-refractivity contribution is -0.0224. The van der Waals surface area contributed by atoms with E-state index in [0.29, 0.717) is 0 Å². The third-order valence-corrected chi connectivity index (χ3v) is 2.82. The van der Waals surface area contributed by atoms with Gasteiger partial charge in [0, 0.05) is 5.57 Å². The quantitative estimate of drug-likeness (QED) is 0.389. The molecule has 0 amide bonds. The van der Waals surface area contributed by atoms with Gasteiger partial charge in [-0.25, -0.2) is 35.1 Å². The first kappa shape index (κ1) is 16.4. The first-order valence-corrected chi connectivity index (χ1v) is 5.32. The van der Waals surface area contributed by atoms with Crippen LogP contribution in [0.15, 0.2) is 17.7 Å². The van der Waals surface area contributed by atoms with Crippen LogP contribution in [0.4, 0.5) is 43.9 Å². The summed E-state index contributed by atoms with van der Waals surface area (Å²) in [6.45, 7) is 0. The molecular formula is C12H2F10. The van der Waals surface area contributed by atoms with Gasteiger partial charge in [0.1, 0.15) is 0 Å². The number of benzene rings is 1. The zero-order valence-electron chi connectivity index (χ0n) is 9.93. The molecule has 1 aliphatic carbocycles. The van der Waals surface area contributed by atoms with Gasteiger partial charge in [0.15, 0.2) is 34.9 Å². The molecule has 1 aromatic rings. The molecule has 10 heteroatoms. The van der Waals surface area contributed by atoms with Gasteiger partial charge in [0.05, 0.1) is 5.56 Å². The predicted molar refractivity (Wildman–Crippen MR) is 53.3 cm³/mol. The molecule has 0 radical (unpaired) electrons. The van der Waals surface area contributed by atoms with Crippen LogP contribution in [0.2, 0.25) is 0 Å². The summed E-state index contributed by atoms with van der Waals surface area (Å²) in [6, 6.07) is 0. The Labute approximate surface area is 115 Å². The predicted octanol–water partition coefficient (Wildman–Crippen LogP) is 4.90. The summed E-state index contributed by atoms with van der Waals surface area (Å²) < 4.78 is 131. The van der Waals surface area contributed by atoms with E-state index < -0.39 is 70.0 Å². The van der Waals surface area contributed by atoms with Gasteiger partial charge >= 0.3 is 5.92 Å². The van der Waals surface area contributed by atoms with Gasteiger partial charge in [-0.15, -0.1) is 0 Å². The first-order chi connectivity index (χ1) is 10.0. The lowest BCUT2D eigenvalue weighted by Crippen LogP contribution is -2.32. The van der Waals surface area contributed by atoms with Crippen LogP contribution in [0.3, 0.4) is 0 Å². The monoisotopic (exact) mass is 336 g/mol. The summed E-state index contributed by atoms with van der Waals surface area (Å²) >= 11 is 0. The van der Waals surface area contributed by atoms with E-state index in [1.165, 1.54) is 0 Å². The first-order valence-electron chi connectivity index (χ1n) is 5.32. The zero-order valence-corrected chi connectivity index (χ0v) is 9.93. The molecule has 0 aliphatic heterocycles. The maximum atomic E-state index is 13.4. The van der Waals surface area contributed by atoms with Crippen LogP contribution in [0.5, 0.6) is 0 Å². The van der Waals surface area contributed by atoms with E-state index in [9.17, 15) is 43.9 Å². The second-order valence-electron chi connectivity index (χ2n) is 4.20. The molecule has 0 saturated carbocycles. The van der Waals surface area contributed by atoms with Gasteiger partial charge in [-0.05, 0) is 6.08 Å². The van der Waals surface area contributed by atoms with E-state index in [1.807, 2.05) is 0 Å². The van der Waals surface area contributed by atoms with Crippen LogP contribution < -0.4 is 0 Å². The molecule has 22 heavy (non-hydrogen) atoms. The molecule has 2 rings (SSSR count). The number of alkyl halides is 3. The lowest BCUT2D eigenvalue weighted by Gasteiger charge is -2.23. The smallest absolute Gasteiger partial charge is 0.232 e. The Balaban J connectivity index is 2.83. The Morgan fingerprint density at radius 2 is 1.14 bits per heavy atom. The fourth-order valence-electron chi connectivity index (χ4n) is 1.76. The van der Waals surface area contributed by atoms with Crippen molar-refractivity contribution >= 4 is 5.57 Å². The third-order valence-electron chi connectivity index (χ3n) is 2.82. The van der Waals surface area contributed by atoms with Crippen molar-refractivity contribution in [3.63, 3.8) is 0 Å². The molecule has 0 fully saturated rings. The van der Waals surface area contributed by atoms with Crippen molar-refractivity contribution in [2.24, 2.45) is 0 Å². The van der Waals surface area contributed by atoms with E-state index >= 15 is 0 Å². The van der Waals surface area contributed by atoms with Crippen LogP contribution in [0.1, 0.15) is 5.56 Å².